The first-order chi connectivity index (χ1) is 8.04. The first kappa shape index (κ1) is 12.1. The third kappa shape index (κ3) is 2.08. The highest BCUT2D eigenvalue weighted by Crippen LogP contribution is 2.31. The molecular formula is C13H16ClN3. The number of anilines is 1. The van der Waals surface area contributed by atoms with Crippen molar-refractivity contribution in [3.63, 3.8) is 0 Å². The van der Waals surface area contributed by atoms with Gasteiger partial charge in [-0.1, -0.05) is 31.5 Å². The molecule has 17 heavy (non-hydrogen) atoms. The first-order valence-electron chi connectivity index (χ1n) is 5.61. The fraction of sp³-hybridized carbons (Fsp3) is 0.308. The number of nitrogen functional groups attached to an aromatic ring is 1. The zero-order valence-corrected chi connectivity index (χ0v) is 11.0. The molecule has 0 fully saturated rings. The molecule has 4 heteroatoms. The molecule has 1 aromatic carbocycles. The van der Waals surface area contributed by atoms with Crippen LogP contribution in [-0.2, 0) is 0 Å². The number of hydrazine groups is 1. The number of halogens is 1. The molecule has 90 valence electrons. The largest absolute Gasteiger partial charge is 0.308 e. The summed E-state index contributed by atoms with van der Waals surface area (Å²) in [5, 5.41) is 1.71. The summed E-state index contributed by atoms with van der Waals surface area (Å²) in [5.74, 6) is 6.58. The van der Waals surface area contributed by atoms with E-state index in [0.29, 0.717) is 5.92 Å². The van der Waals surface area contributed by atoms with E-state index < -0.39 is 0 Å². The second-order valence-corrected chi connectivity index (χ2v) is 4.89. The van der Waals surface area contributed by atoms with E-state index in [1.165, 1.54) is 0 Å². The van der Waals surface area contributed by atoms with Crippen LogP contribution in [0.25, 0.3) is 10.9 Å². The van der Waals surface area contributed by atoms with Crippen molar-refractivity contribution in [2.24, 2.45) is 5.84 Å². The summed E-state index contributed by atoms with van der Waals surface area (Å²) < 4.78 is 0. The van der Waals surface area contributed by atoms with Crippen molar-refractivity contribution in [2.45, 2.75) is 26.7 Å². The van der Waals surface area contributed by atoms with E-state index >= 15 is 0 Å². The van der Waals surface area contributed by atoms with Crippen LogP contribution in [0.2, 0.25) is 5.02 Å². The molecule has 0 saturated carbocycles. The summed E-state index contributed by atoms with van der Waals surface area (Å²) in [6.45, 7) is 6.22. The molecular weight excluding hydrogens is 234 g/mol. The minimum atomic E-state index is 0.342. The van der Waals surface area contributed by atoms with E-state index in [2.05, 4.69) is 30.3 Å². The lowest BCUT2D eigenvalue weighted by Crippen LogP contribution is -2.12. The van der Waals surface area contributed by atoms with Crippen LogP contribution in [0.4, 0.5) is 5.82 Å². The van der Waals surface area contributed by atoms with E-state index in [1.807, 2.05) is 19.1 Å². The van der Waals surface area contributed by atoms with Crippen LogP contribution < -0.4 is 11.3 Å². The molecule has 0 radical (unpaired) electrons. The zero-order chi connectivity index (χ0) is 12.6. The van der Waals surface area contributed by atoms with Gasteiger partial charge in [-0.05, 0) is 36.1 Å². The molecule has 0 unspecified atom stereocenters. The molecule has 0 aliphatic rings. The summed E-state index contributed by atoms with van der Waals surface area (Å²) in [5.41, 5.74) is 5.73. The van der Waals surface area contributed by atoms with Gasteiger partial charge in [-0.3, -0.25) is 0 Å². The second kappa shape index (κ2) is 4.51. The van der Waals surface area contributed by atoms with E-state index in [4.69, 9.17) is 17.4 Å². The molecule has 2 aromatic rings. The van der Waals surface area contributed by atoms with E-state index in [-0.39, 0.29) is 0 Å². The van der Waals surface area contributed by atoms with Crippen LogP contribution >= 0.6 is 11.6 Å². The van der Waals surface area contributed by atoms with Crippen LogP contribution in [0.5, 0.6) is 0 Å². The number of aryl methyl sites for hydroxylation is 1. The van der Waals surface area contributed by atoms with Gasteiger partial charge in [0.25, 0.3) is 0 Å². The lowest BCUT2D eigenvalue weighted by molar-refractivity contribution is 0.862. The Kier molecular flexibility index (Phi) is 3.22. The fourth-order valence-corrected chi connectivity index (χ4v) is 2.14. The van der Waals surface area contributed by atoms with E-state index in [1.54, 1.807) is 0 Å². The van der Waals surface area contributed by atoms with Crippen molar-refractivity contribution in [1.29, 1.82) is 0 Å². The van der Waals surface area contributed by atoms with Gasteiger partial charge in [0.1, 0.15) is 5.82 Å². The summed E-state index contributed by atoms with van der Waals surface area (Å²) >= 11 is 6.21. The molecule has 0 amide bonds. The maximum Gasteiger partial charge on any atom is 0.144 e. The topological polar surface area (TPSA) is 50.9 Å². The number of nitrogens with two attached hydrogens (primary N) is 1. The van der Waals surface area contributed by atoms with Crippen LogP contribution in [0.15, 0.2) is 18.2 Å². The Labute approximate surface area is 106 Å². The first-order valence-corrected chi connectivity index (χ1v) is 5.98. The summed E-state index contributed by atoms with van der Waals surface area (Å²) in [4.78, 5) is 4.55. The number of hydrogen-bond acceptors (Lipinski definition) is 3. The van der Waals surface area contributed by atoms with Gasteiger partial charge in [-0.2, -0.15) is 0 Å². The summed E-state index contributed by atoms with van der Waals surface area (Å²) in [7, 11) is 0. The quantitative estimate of drug-likeness (QED) is 0.632. The Morgan fingerprint density at radius 3 is 2.65 bits per heavy atom. The molecule has 3 nitrogen and oxygen atoms in total. The molecule has 0 spiro atoms. The van der Waals surface area contributed by atoms with E-state index in [9.17, 15) is 0 Å². The highest BCUT2D eigenvalue weighted by Gasteiger charge is 2.12. The Hall–Kier alpha value is -1.32. The second-order valence-electron chi connectivity index (χ2n) is 4.49. The number of benzene rings is 1. The van der Waals surface area contributed by atoms with Crippen molar-refractivity contribution in [1.82, 2.24) is 4.98 Å². The van der Waals surface area contributed by atoms with Crippen LogP contribution in [0.3, 0.4) is 0 Å². The van der Waals surface area contributed by atoms with Gasteiger partial charge in [0.15, 0.2) is 0 Å². The van der Waals surface area contributed by atoms with Gasteiger partial charge in [0.2, 0.25) is 0 Å². The SMILES string of the molecule is Cc1ccc(Cl)c2cc(C(C)C)c(NN)nc12. The Morgan fingerprint density at radius 1 is 1.35 bits per heavy atom. The highest BCUT2D eigenvalue weighted by molar-refractivity contribution is 6.35. The number of nitrogens with one attached hydrogen (secondary N) is 1. The van der Waals surface area contributed by atoms with Gasteiger partial charge in [0, 0.05) is 10.4 Å². The Morgan fingerprint density at radius 2 is 2.06 bits per heavy atom. The van der Waals surface area contributed by atoms with Crippen molar-refractivity contribution in [3.8, 4) is 0 Å². The van der Waals surface area contributed by atoms with Gasteiger partial charge in [0.05, 0.1) is 5.52 Å². The molecule has 0 aliphatic carbocycles. The van der Waals surface area contributed by atoms with Crippen molar-refractivity contribution in [2.75, 3.05) is 5.43 Å². The standard InChI is InChI=1S/C13H16ClN3/c1-7(2)9-6-10-11(14)5-4-8(3)12(10)16-13(9)17-15/h4-7H,15H2,1-3H3,(H,16,17). The normalized spacial score (nSPS) is 11.2. The summed E-state index contributed by atoms with van der Waals surface area (Å²) in [6, 6.07) is 5.94. The third-order valence-corrected chi connectivity index (χ3v) is 3.25. The van der Waals surface area contributed by atoms with Crippen LogP contribution in [0, 0.1) is 6.92 Å². The van der Waals surface area contributed by atoms with Gasteiger partial charge in [-0.25, -0.2) is 10.8 Å². The molecule has 0 saturated heterocycles. The molecule has 3 N–H and O–H groups in total. The molecule has 0 bridgehead atoms. The van der Waals surface area contributed by atoms with Gasteiger partial charge in [-0.15, -0.1) is 0 Å². The predicted octanol–water partition coefficient (Wildman–Crippen LogP) is 3.61. The smallest absolute Gasteiger partial charge is 0.144 e. The van der Waals surface area contributed by atoms with Crippen molar-refractivity contribution in [3.05, 3.63) is 34.3 Å². The maximum atomic E-state index is 6.21. The van der Waals surface area contributed by atoms with Crippen LogP contribution in [0.1, 0.15) is 30.9 Å². The Bertz CT molecular complexity index is 564. The number of rotatable bonds is 2. The maximum absolute atomic E-state index is 6.21. The molecule has 0 atom stereocenters. The average molecular weight is 250 g/mol. The average Bonchev–Trinajstić information content (AvgIpc) is 2.32. The number of nitrogens with zero attached hydrogens (tertiary/aromatic N) is 1. The lowest BCUT2D eigenvalue weighted by Gasteiger charge is -2.14. The van der Waals surface area contributed by atoms with Crippen LogP contribution in [-0.4, -0.2) is 4.98 Å². The summed E-state index contributed by atoms with van der Waals surface area (Å²) in [6.07, 6.45) is 0. The van der Waals surface area contributed by atoms with Gasteiger partial charge < -0.3 is 5.43 Å². The molecule has 1 heterocycles. The molecule has 2 rings (SSSR count). The van der Waals surface area contributed by atoms with E-state index in [0.717, 1.165) is 32.9 Å². The molecule has 0 aliphatic heterocycles. The monoisotopic (exact) mass is 249 g/mol. The highest BCUT2D eigenvalue weighted by atomic mass is 35.5. The van der Waals surface area contributed by atoms with Crippen molar-refractivity contribution < 1.29 is 0 Å². The minimum absolute atomic E-state index is 0.342. The number of fused-ring (bicyclic) bond motifs is 1. The van der Waals surface area contributed by atoms with Gasteiger partial charge >= 0.3 is 0 Å². The molecule has 1 aromatic heterocycles. The Balaban J connectivity index is 2.83. The number of hydrogen-bond donors (Lipinski definition) is 2. The zero-order valence-electron chi connectivity index (χ0n) is 10.2. The lowest BCUT2D eigenvalue weighted by atomic mass is 10.0. The minimum Gasteiger partial charge on any atom is -0.308 e. The fourth-order valence-electron chi connectivity index (χ4n) is 1.93. The third-order valence-electron chi connectivity index (χ3n) is 2.92. The predicted molar refractivity (Wildman–Crippen MR) is 73.4 cm³/mol. The number of pyridine rings is 1. The van der Waals surface area contributed by atoms with Crippen molar-refractivity contribution >= 4 is 28.3 Å². The number of aromatic nitrogens is 1.